The van der Waals surface area contributed by atoms with E-state index in [0.717, 1.165) is 23.3 Å². The van der Waals surface area contributed by atoms with E-state index in [9.17, 15) is 18.4 Å². The standard InChI is InChI=1S/C24H24F2N4O2/c25-17-13-21(29-23(31)19(27)11-15-7-3-1-4-8-15)22(14-18(17)26)30-24(32)20(28)12-16-9-5-2-6-10-16/h1-10,13-14,19-20H,11-12,27-28H2,(H,29,31)(H,30,32). The van der Waals surface area contributed by atoms with Gasteiger partial charge in [0.05, 0.1) is 23.5 Å². The van der Waals surface area contributed by atoms with E-state index in [2.05, 4.69) is 10.6 Å². The first-order chi connectivity index (χ1) is 15.3. The lowest BCUT2D eigenvalue weighted by atomic mass is 10.1. The van der Waals surface area contributed by atoms with Crippen molar-refractivity contribution in [3.8, 4) is 0 Å². The summed E-state index contributed by atoms with van der Waals surface area (Å²) in [6.45, 7) is 0. The molecule has 0 aliphatic carbocycles. The normalized spacial score (nSPS) is 12.6. The Hall–Kier alpha value is -3.62. The van der Waals surface area contributed by atoms with E-state index in [4.69, 9.17) is 11.5 Å². The average Bonchev–Trinajstić information content (AvgIpc) is 2.78. The van der Waals surface area contributed by atoms with E-state index >= 15 is 0 Å². The molecule has 166 valence electrons. The van der Waals surface area contributed by atoms with Gasteiger partial charge in [0.15, 0.2) is 11.6 Å². The molecule has 0 saturated heterocycles. The zero-order chi connectivity index (χ0) is 23.1. The number of carbonyl (C=O) groups is 2. The number of hydrogen-bond donors (Lipinski definition) is 4. The third kappa shape index (κ3) is 6.19. The molecule has 3 aromatic rings. The number of hydrogen-bond acceptors (Lipinski definition) is 4. The zero-order valence-electron chi connectivity index (χ0n) is 17.2. The van der Waals surface area contributed by atoms with Crippen LogP contribution in [0.25, 0.3) is 0 Å². The molecule has 2 atom stereocenters. The number of nitrogens with one attached hydrogen (secondary N) is 2. The van der Waals surface area contributed by atoms with Gasteiger partial charge >= 0.3 is 0 Å². The monoisotopic (exact) mass is 438 g/mol. The molecule has 0 bridgehead atoms. The molecular formula is C24H24F2N4O2. The molecule has 0 heterocycles. The molecule has 8 heteroatoms. The number of carbonyl (C=O) groups excluding carboxylic acids is 2. The van der Waals surface area contributed by atoms with Crippen molar-refractivity contribution < 1.29 is 18.4 Å². The number of halogens is 2. The molecule has 0 aliphatic rings. The molecule has 6 N–H and O–H groups in total. The van der Waals surface area contributed by atoms with Crippen LogP contribution in [-0.2, 0) is 22.4 Å². The van der Waals surface area contributed by atoms with Gasteiger partial charge in [-0.2, -0.15) is 0 Å². The second-order valence-electron chi connectivity index (χ2n) is 7.38. The molecule has 0 aliphatic heterocycles. The second-order valence-corrected chi connectivity index (χ2v) is 7.38. The van der Waals surface area contributed by atoms with Gasteiger partial charge in [0.25, 0.3) is 0 Å². The van der Waals surface area contributed by atoms with Gasteiger partial charge in [-0.25, -0.2) is 8.78 Å². The van der Waals surface area contributed by atoms with Crippen LogP contribution in [0, 0.1) is 11.6 Å². The van der Waals surface area contributed by atoms with Gasteiger partial charge in [-0.3, -0.25) is 9.59 Å². The molecule has 32 heavy (non-hydrogen) atoms. The van der Waals surface area contributed by atoms with Gasteiger partial charge in [-0.05, 0) is 24.0 Å². The molecule has 0 saturated carbocycles. The van der Waals surface area contributed by atoms with Gasteiger partial charge in [-0.1, -0.05) is 60.7 Å². The first-order valence-corrected chi connectivity index (χ1v) is 10.0. The maximum Gasteiger partial charge on any atom is 0.241 e. The van der Waals surface area contributed by atoms with E-state index in [1.54, 1.807) is 0 Å². The molecular weight excluding hydrogens is 414 g/mol. The van der Waals surface area contributed by atoms with Gasteiger partial charge in [-0.15, -0.1) is 0 Å². The van der Waals surface area contributed by atoms with E-state index < -0.39 is 35.5 Å². The second kappa shape index (κ2) is 10.6. The minimum Gasteiger partial charge on any atom is -0.323 e. The molecule has 3 aromatic carbocycles. The SMILES string of the molecule is NC(Cc1ccccc1)C(=O)Nc1cc(F)c(F)cc1NC(=O)C(N)Cc1ccccc1. The van der Waals surface area contributed by atoms with Gasteiger partial charge in [0, 0.05) is 12.1 Å². The van der Waals surface area contributed by atoms with E-state index in [0.29, 0.717) is 0 Å². The lowest BCUT2D eigenvalue weighted by Crippen LogP contribution is -2.39. The quantitative estimate of drug-likeness (QED) is 0.433. The summed E-state index contributed by atoms with van der Waals surface area (Å²) in [6, 6.07) is 18.0. The summed E-state index contributed by atoms with van der Waals surface area (Å²) < 4.78 is 27.7. The van der Waals surface area contributed by atoms with E-state index in [1.165, 1.54) is 0 Å². The Morgan fingerprint density at radius 3 is 1.38 bits per heavy atom. The first kappa shape index (κ1) is 23.1. The minimum absolute atomic E-state index is 0.113. The lowest BCUT2D eigenvalue weighted by Gasteiger charge is -2.18. The largest absolute Gasteiger partial charge is 0.323 e. The van der Waals surface area contributed by atoms with Crippen molar-refractivity contribution in [1.82, 2.24) is 0 Å². The van der Waals surface area contributed by atoms with Crippen LogP contribution < -0.4 is 22.1 Å². The van der Waals surface area contributed by atoms with Crippen molar-refractivity contribution >= 4 is 23.2 Å². The number of amides is 2. The van der Waals surface area contributed by atoms with Crippen molar-refractivity contribution in [3.05, 3.63) is 95.6 Å². The highest BCUT2D eigenvalue weighted by molar-refractivity contribution is 6.02. The van der Waals surface area contributed by atoms with E-state index in [-0.39, 0.29) is 24.2 Å². The molecule has 0 fully saturated rings. The summed E-state index contributed by atoms with van der Waals surface area (Å²) in [4.78, 5) is 25.1. The third-order valence-electron chi connectivity index (χ3n) is 4.85. The molecule has 2 unspecified atom stereocenters. The zero-order valence-corrected chi connectivity index (χ0v) is 17.2. The Morgan fingerprint density at radius 2 is 1.03 bits per heavy atom. The van der Waals surface area contributed by atoms with Gasteiger partial charge < -0.3 is 22.1 Å². The van der Waals surface area contributed by atoms with Gasteiger partial charge in [0.1, 0.15) is 0 Å². The Balaban J connectivity index is 1.71. The van der Waals surface area contributed by atoms with E-state index in [1.807, 2.05) is 60.7 Å². The highest BCUT2D eigenvalue weighted by Gasteiger charge is 2.21. The van der Waals surface area contributed by atoms with Crippen LogP contribution in [0.2, 0.25) is 0 Å². The Morgan fingerprint density at radius 1 is 0.688 bits per heavy atom. The van der Waals surface area contributed by atoms with Crippen LogP contribution in [0.3, 0.4) is 0 Å². The minimum atomic E-state index is -1.18. The predicted octanol–water partition coefficient (Wildman–Crippen LogP) is 2.98. The summed E-state index contributed by atoms with van der Waals surface area (Å²) in [5, 5.41) is 4.93. The molecule has 6 nitrogen and oxygen atoms in total. The fraction of sp³-hybridized carbons (Fsp3) is 0.167. The maximum atomic E-state index is 13.8. The summed E-state index contributed by atoms with van der Waals surface area (Å²) in [5.41, 5.74) is 13.4. The van der Waals surface area contributed by atoms with Crippen molar-refractivity contribution in [1.29, 1.82) is 0 Å². The molecule has 0 spiro atoms. The number of anilines is 2. The van der Waals surface area contributed by atoms with Crippen LogP contribution in [-0.4, -0.2) is 23.9 Å². The van der Waals surface area contributed by atoms with Crippen molar-refractivity contribution in [2.75, 3.05) is 10.6 Å². The average molecular weight is 438 g/mol. The van der Waals surface area contributed by atoms with Gasteiger partial charge in [0.2, 0.25) is 11.8 Å². The fourth-order valence-corrected chi connectivity index (χ4v) is 3.13. The fourth-order valence-electron chi connectivity index (χ4n) is 3.13. The first-order valence-electron chi connectivity index (χ1n) is 10.0. The van der Waals surface area contributed by atoms with Crippen LogP contribution in [0.5, 0.6) is 0 Å². The van der Waals surface area contributed by atoms with Crippen LogP contribution in [0.4, 0.5) is 20.2 Å². The number of benzene rings is 3. The molecule has 0 aromatic heterocycles. The molecule has 0 radical (unpaired) electrons. The van der Waals surface area contributed by atoms with Crippen molar-refractivity contribution in [2.24, 2.45) is 11.5 Å². The molecule has 3 rings (SSSR count). The summed E-state index contributed by atoms with van der Waals surface area (Å²) in [7, 11) is 0. The number of rotatable bonds is 8. The van der Waals surface area contributed by atoms with Crippen molar-refractivity contribution in [3.63, 3.8) is 0 Å². The maximum absolute atomic E-state index is 13.8. The van der Waals surface area contributed by atoms with Crippen LogP contribution >= 0.6 is 0 Å². The highest BCUT2D eigenvalue weighted by Crippen LogP contribution is 2.26. The highest BCUT2D eigenvalue weighted by atomic mass is 19.2. The number of nitrogens with two attached hydrogens (primary N) is 2. The Kier molecular flexibility index (Phi) is 7.64. The topological polar surface area (TPSA) is 110 Å². The lowest BCUT2D eigenvalue weighted by molar-refractivity contribution is -0.118. The summed E-state index contributed by atoms with van der Waals surface area (Å²) >= 11 is 0. The van der Waals surface area contributed by atoms with Crippen molar-refractivity contribution in [2.45, 2.75) is 24.9 Å². The predicted molar refractivity (Wildman–Crippen MR) is 120 cm³/mol. The van der Waals surface area contributed by atoms with Crippen LogP contribution in [0.1, 0.15) is 11.1 Å². The summed E-state index contributed by atoms with van der Waals surface area (Å²) in [5.74, 6) is -3.57. The smallest absolute Gasteiger partial charge is 0.241 e. The summed E-state index contributed by atoms with van der Waals surface area (Å²) in [6.07, 6.45) is 0.500. The Bertz CT molecular complexity index is 992. The third-order valence-corrected chi connectivity index (χ3v) is 4.85. The Labute approximate surface area is 184 Å². The molecule has 2 amide bonds. The van der Waals surface area contributed by atoms with Crippen LogP contribution in [0.15, 0.2) is 72.8 Å².